The number of benzene rings is 2. The summed E-state index contributed by atoms with van der Waals surface area (Å²) in [7, 11) is 0. The number of carbonyl (C=O) groups is 2. The summed E-state index contributed by atoms with van der Waals surface area (Å²) >= 11 is 0. The Hall–Kier alpha value is -3.45. The number of aliphatic imine (C=N–C) groups is 1. The number of ether oxygens (including phenoxy) is 2. The fourth-order valence-corrected chi connectivity index (χ4v) is 4.05. The molecule has 2 atom stereocenters. The second-order valence-corrected chi connectivity index (χ2v) is 9.21. The van der Waals surface area contributed by atoms with Crippen LogP contribution in [0.25, 0.3) is 0 Å². The number of allylic oxidation sites excluding steroid dienone is 1. The maximum atomic E-state index is 13.2. The van der Waals surface area contributed by atoms with Crippen molar-refractivity contribution in [1.82, 2.24) is 0 Å². The number of aliphatic hydroxyl groups is 1. The predicted octanol–water partition coefficient (Wildman–Crippen LogP) is 4.10. The average molecular weight is 449 g/mol. The summed E-state index contributed by atoms with van der Waals surface area (Å²) in [5, 5.41) is 9.86. The van der Waals surface area contributed by atoms with E-state index in [0.717, 1.165) is 11.1 Å². The van der Waals surface area contributed by atoms with E-state index in [9.17, 15) is 14.7 Å². The van der Waals surface area contributed by atoms with E-state index in [-0.39, 0.29) is 19.1 Å². The number of hydrogen-bond donors (Lipinski definition) is 1. The van der Waals surface area contributed by atoms with Gasteiger partial charge in [0, 0.05) is 18.7 Å². The predicted molar refractivity (Wildman–Crippen MR) is 125 cm³/mol. The smallest absolute Gasteiger partial charge is 0.414 e. The molecule has 0 aliphatic carbocycles. The molecular formula is C26H28N2O5. The van der Waals surface area contributed by atoms with Gasteiger partial charge in [-0.05, 0) is 55.7 Å². The van der Waals surface area contributed by atoms with Gasteiger partial charge >= 0.3 is 12.1 Å². The van der Waals surface area contributed by atoms with Crippen LogP contribution in [0.5, 0.6) is 0 Å². The fraction of sp³-hybridized carbons (Fsp3) is 0.346. The second-order valence-electron chi connectivity index (χ2n) is 9.21. The summed E-state index contributed by atoms with van der Waals surface area (Å²) in [6.45, 7) is 5.74. The number of rotatable bonds is 5. The summed E-state index contributed by atoms with van der Waals surface area (Å²) in [4.78, 5) is 32.1. The molecule has 0 bridgehead atoms. The van der Waals surface area contributed by atoms with E-state index in [4.69, 9.17) is 9.47 Å². The van der Waals surface area contributed by atoms with E-state index in [1.165, 1.54) is 4.90 Å². The highest BCUT2D eigenvalue weighted by atomic mass is 16.6. The van der Waals surface area contributed by atoms with Crippen molar-refractivity contribution in [3.8, 4) is 0 Å². The number of aliphatic hydroxyl groups excluding tert-OH is 1. The average Bonchev–Trinajstić information content (AvgIpc) is 3.42. The maximum Gasteiger partial charge on any atom is 0.414 e. The molecule has 4 rings (SSSR count). The van der Waals surface area contributed by atoms with Crippen molar-refractivity contribution in [3.05, 3.63) is 77.4 Å². The lowest BCUT2D eigenvalue weighted by molar-refractivity contribution is -0.149. The minimum Gasteiger partial charge on any atom is -0.459 e. The van der Waals surface area contributed by atoms with Gasteiger partial charge in [-0.2, -0.15) is 0 Å². The van der Waals surface area contributed by atoms with Gasteiger partial charge in [0.1, 0.15) is 12.2 Å². The summed E-state index contributed by atoms with van der Waals surface area (Å²) in [5.74, 6) is -0.734. The van der Waals surface area contributed by atoms with Crippen LogP contribution in [-0.2, 0) is 26.4 Å². The zero-order chi connectivity index (χ0) is 23.6. The third-order valence-electron chi connectivity index (χ3n) is 5.66. The third-order valence-corrected chi connectivity index (χ3v) is 5.66. The normalized spacial score (nSPS) is 21.2. The largest absolute Gasteiger partial charge is 0.459 e. The first kappa shape index (κ1) is 22.7. The zero-order valence-electron chi connectivity index (χ0n) is 19.0. The summed E-state index contributed by atoms with van der Waals surface area (Å²) in [6, 6.07) is 14.9. The van der Waals surface area contributed by atoms with Crippen molar-refractivity contribution in [2.75, 3.05) is 18.1 Å². The Bertz CT molecular complexity index is 1090. The van der Waals surface area contributed by atoms with Crippen LogP contribution in [-0.4, -0.2) is 42.1 Å². The SMILES string of the molecule is CC(C)(C)OC(=O)N1CC(CO)c2ccc(C3(C(=O)OCc4ccccc4)C=CC=N3)cc21. The molecule has 7 nitrogen and oxygen atoms in total. The molecule has 0 spiro atoms. The van der Waals surface area contributed by atoms with Crippen LogP contribution in [0.3, 0.4) is 0 Å². The summed E-state index contributed by atoms with van der Waals surface area (Å²) in [6.07, 6.45) is 4.47. The van der Waals surface area contributed by atoms with E-state index >= 15 is 0 Å². The van der Waals surface area contributed by atoms with Crippen molar-refractivity contribution in [1.29, 1.82) is 0 Å². The number of amides is 1. The monoisotopic (exact) mass is 448 g/mol. The Labute approximate surface area is 193 Å². The van der Waals surface area contributed by atoms with Gasteiger partial charge in [0.2, 0.25) is 5.54 Å². The Balaban J connectivity index is 1.66. The highest BCUT2D eigenvalue weighted by Gasteiger charge is 2.43. The Morgan fingerprint density at radius 3 is 2.58 bits per heavy atom. The van der Waals surface area contributed by atoms with Crippen LogP contribution in [0, 0.1) is 0 Å². The van der Waals surface area contributed by atoms with Gasteiger partial charge in [0.05, 0.1) is 12.3 Å². The molecule has 33 heavy (non-hydrogen) atoms. The highest BCUT2D eigenvalue weighted by Crippen LogP contribution is 2.41. The molecule has 0 saturated heterocycles. The van der Waals surface area contributed by atoms with Gasteiger partial charge in [-0.1, -0.05) is 42.5 Å². The molecule has 2 aliphatic rings. The summed E-state index contributed by atoms with van der Waals surface area (Å²) in [5.41, 5.74) is 0.894. The number of fused-ring (bicyclic) bond motifs is 1. The molecule has 1 N–H and O–H groups in total. The Morgan fingerprint density at radius 2 is 1.94 bits per heavy atom. The maximum absolute atomic E-state index is 13.2. The molecule has 0 aromatic heterocycles. The van der Waals surface area contributed by atoms with E-state index in [1.54, 1.807) is 51.3 Å². The van der Waals surface area contributed by atoms with Crippen molar-refractivity contribution in [2.45, 2.75) is 44.4 Å². The molecular weight excluding hydrogens is 420 g/mol. The van der Waals surface area contributed by atoms with Gasteiger partial charge < -0.3 is 14.6 Å². The van der Waals surface area contributed by atoms with Crippen molar-refractivity contribution in [2.24, 2.45) is 4.99 Å². The Morgan fingerprint density at radius 1 is 1.18 bits per heavy atom. The first-order chi connectivity index (χ1) is 15.7. The number of nitrogens with zero attached hydrogens (tertiary/aromatic N) is 2. The first-order valence-electron chi connectivity index (χ1n) is 10.9. The highest BCUT2D eigenvalue weighted by molar-refractivity contribution is 5.95. The van der Waals surface area contributed by atoms with Crippen LogP contribution < -0.4 is 4.90 Å². The van der Waals surface area contributed by atoms with Crippen LogP contribution in [0.2, 0.25) is 0 Å². The second kappa shape index (κ2) is 8.83. The standard InChI is InChI=1S/C26H28N2O5/c1-25(2,3)33-24(31)28-15-19(16-29)21-11-10-20(14-22(21)28)26(12-7-13-27-26)23(30)32-17-18-8-5-4-6-9-18/h4-14,19,29H,15-17H2,1-3H3. The molecule has 172 valence electrons. The van der Waals surface area contributed by atoms with Gasteiger partial charge in [-0.3, -0.25) is 9.89 Å². The molecule has 2 heterocycles. The van der Waals surface area contributed by atoms with E-state index in [0.29, 0.717) is 17.8 Å². The van der Waals surface area contributed by atoms with Gasteiger partial charge in [-0.15, -0.1) is 0 Å². The van der Waals surface area contributed by atoms with Crippen LogP contribution >= 0.6 is 0 Å². The lowest BCUT2D eigenvalue weighted by Gasteiger charge is -2.27. The number of hydrogen-bond acceptors (Lipinski definition) is 6. The van der Waals surface area contributed by atoms with E-state index < -0.39 is 23.2 Å². The fourth-order valence-electron chi connectivity index (χ4n) is 4.05. The zero-order valence-corrected chi connectivity index (χ0v) is 19.0. The number of carbonyl (C=O) groups excluding carboxylic acids is 2. The van der Waals surface area contributed by atoms with Crippen LogP contribution in [0.1, 0.15) is 43.4 Å². The minimum atomic E-state index is -1.33. The molecule has 0 fully saturated rings. The van der Waals surface area contributed by atoms with Gasteiger partial charge in [-0.25, -0.2) is 9.59 Å². The first-order valence-corrected chi connectivity index (χ1v) is 10.9. The topological polar surface area (TPSA) is 88.4 Å². The lowest BCUT2D eigenvalue weighted by atomic mass is 9.89. The number of esters is 1. The third kappa shape index (κ3) is 4.54. The molecule has 0 radical (unpaired) electrons. The van der Waals surface area contributed by atoms with E-state index in [2.05, 4.69) is 4.99 Å². The van der Waals surface area contributed by atoms with Gasteiger partial charge in [0.25, 0.3) is 0 Å². The lowest BCUT2D eigenvalue weighted by Crippen LogP contribution is -2.37. The van der Waals surface area contributed by atoms with Crippen LogP contribution in [0.15, 0.2) is 65.7 Å². The van der Waals surface area contributed by atoms with Crippen LogP contribution in [0.4, 0.5) is 10.5 Å². The number of anilines is 1. The minimum absolute atomic E-state index is 0.103. The quantitative estimate of drug-likeness (QED) is 0.696. The molecule has 0 saturated carbocycles. The van der Waals surface area contributed by atoms with Crippen molar-refractivity contribution < 1.29 is 24.2 Å². The molecule has 2 aliphatic heterocycles. The molecule has 1 amide bonds. The molecule has 7 heteroatoms. The molecule has 2 unspecified atom stereocenters. The Kier molecular flexibility index (Phi) is 6.08. The molecule has 2 aromatic carbocycles. The molecule has 2 aromatic rings. The van der Waals surface area contributed by atoms with Crippen molar-refractivity contribution in [3.63, 3.8) is 0 Å². The summed E-state index contributed by atoms with van der Waals surface area (Å²) < 4.78 is 11.2. The van der Waals surface area contributed by atoms with Gasteiger partial charge in [0.15, 0.2) is 0 Å². The van der Waals surface area contributed by atoms with Crippen molar-refractivity contribution >= 4 is 24.0 Å². The van der Waals surface area contributed by atoms with E-state index in [1.807, 2.05) is 36.4 Å².